The number of nitrogens with zero attached hydrogens (tertiary/aromatic N) is 1. The van der Waals surface area contributed by atoms with Crippen molar-refractivity contribution in [3.63, 3.8) is 0 Å². The molecule has 0 fully saturated rings. The minimum atomic E-state index is -3.97. The van der Waals surface area contributed by atoms with Gasteiger partial charge in [0.25, 0.3) is 10.0 Å². The van der Waals surface area contributed by atoms with Crippen molar-refractivity contribution in [2.24, 2.45) is 0 Å². The van der Waals surface area contributed by atoms with Crippen LogP contribution in [-0.2, 0) is 19.6 Å². The number of hydrogen-bond acceptors (Lipinski definition) is 6. The van der Waals surface area contributed by atoms with Crippen LogP contribution in [-0.4, -0.2) is 45.4 Å². The van der Waals surface area contributed by atoms with Gasteiger partial charge in [-0.05, 0) is 36.4 Å². The summed E-state index contributed by atoms with van der Waals surface area (Å²) in [6.45, 7) is -0.723. The second kappa shape index (κ2) is 8.33. The first-order valence-corrected chi connectivity index (χ1v) is 8.89. The standard InChI is InChI=1S/C17H15F2NO6S/c1-20(25-2)27(23,24)13-5-3-4-12(8-13)17(22)26-10-16(21)11-6-7-14(18)15(19)9-11/h3-9H,10H2,1-2H3. The highest BCUT2D eigenvalue weighted by Gasteiger charge is 2.22. The molecule has 0 unspecified atom stereocenters. The first kappa shape index (κ1) is 20.6. The van der Waals surface area contributed by atoms with Crippen molar-refractivity contribution in [2.45, 2.75) is 4.90 Å². The molecule has 27 heavy (non-hydrogen) atoms. The lowest BCUT2D eigenvalue weighted by molar-refractivity contribution is -0.0258. The van der Waals surface area contributed by atoms with E-state index < -0.39 is 40.0 Å². The second-order valence-electron chi connectivity index (χ2n) is 5.25. The Kier molecular flexibility index (Phi) is 6.37. The molecule has 0 atom stereocenters. The highest BCUT2D eigenvalue weighted by Crippen LogP contribution is 2.17. The highest BCUT2D eigenvalue weighted by atomic mass is 32.2. The molecule has 0 aliphatic carbocycles. The molecule has 7 nitrogen and oxygen atoms in total. The number of Topliss-reactive ketones (excluding diaryl/α,β-unsaturated/α-hetero) is 1. The number of rotatable bonds is 7. The van der Waals surface area contributed by atoms with Gasteiger partial charge < -0.3 is 4.74 Å². The number of esters is 1. The number of carbonyl (C=O) groups is 2. The molecular weight excluding hydrogens is 384 g/mol. The average Bonchev–Trinajstić information content (AvgIpc) is 2.67. The van der Waals surface area contributed by atoms with Crippen molar-refractivity contribution in [1.29, 1.82) is 0 Å². The minimum absolute atomic E-state index is 0.112. The van der Waals surface area contributed by atoms with Gasteiger partial charge >= 0.3 is 5.97 Å². The molecule has 2 rings (SSSR count). The lowest BCUT2D eigenvalue weighted by Crippen LogP contribution is -2.26. The Labute approximate surface area is 154 Å². The maximum Gasteiger partial charge on any atom is 0.338 e. The van der Waals surface area contributed by atoms with Gasteiger partial charge in [0, 0.05) is 12.6 Å². The van der Waals surface area contributed by atoms with E-state index in [1.807, 2.05) is 0 Å². The maximum absolute atomic E-state index is 13.1. The van der Waals surface area contributed by atoms with Crippen molar-refractivity contribution < 1.29 is 36.4 Å². The van der Waals surface area contributed by atoms with Crippen LogP contribution in [0.15, 0.2) is 47.4 Å². The van der Waals surface area contributed by atoms with Gasteiger partial charge in [0.05, 0.1) is 17.6 Å². The van der Waals surface area contributed by atoms with Crippen molar-refractivity contribution in [1.82, 2.24) is 4.47 Å². The summed E-state index contributed by atoms with van der Waals surface area (Å²) in [4.78, 5) is 28.4. The van der Waals surface area contributed by atoms with Crippen LogP contribution in [0.3, 0.4) is 0 Å². The third-order valence-electron chi connectivity index (χ3n) is 3.54. The first-order chi connectivity index (χ1) is 12.7. The Balaban J connectivity index is 2.11. The number of benzene rings is 2. The smallest absolute Gasteiger partial charge is 0.338 e. The van der Waals surface area contributed by atoms with E-state index in [4.69, 9.17) is 4.74 Å². The molecule has 0 aliphatic rings. The first-order valence-electron chi connectivity index (χ1n) is 7.45. The number of halogens is 2. The number of ether oxygens (including phenoxy) is 1. The van der Waals surface area contributed by atoms with Gasteiger partial charge in [-0.1, -0.05) is 10.5 Å². The number of hydroxylamine groups is 1. The number of hydrogen-bond donors (Lipinski definition) is 0. The van der Waals surface area contributed by atoms with E-state index in [2.05, 4.69) is 4.84 Å². The zero-order valence-electron chi connectivity index (χ0n) is 14.3. The predicted molar refractivity (Wildman–Crippen MR) is 89.4 cm³/mol. The largest absolute Gasteiger partial charge is 0.454 e. The Bertz CT molecular complexity index is 977. The Morgan fingerprint density at radius 3 is 2.37 bits per heavy atom. The van der Waals surface area contributed by atoms with Crippen LogP contribution in [0.4, 0.5) is 8.78 Å². The van der Waals surface area contributed by atoms with Crippen molar-refractivity contribution in [3.8, 4) is 0 Å². The molecule has 0 heterocycles. The van der Waals surface area contributed by atoms with E-state index >= 15 is 0 Å². The third-order valence-corrected chi connectivity index (χ3v) is 5.21. The number of sulfonamides is 1. The summed E-state index contributed by atoms with van der Waals surface area (Å²) >= 11 is 0. The molecule has 0 aliphatic heterocycles. The maximum atomic E-state index is 13.1. The zero-order valence-corrected chi connectivity index (χ0v) is 15.1. The topological polar surface area (TPSA) is 90.0 Å². The Hall–Kier alpha value is -2.69. The summed E-state index contributed by atoms with van der Waals surface area (Å²) in [7, 11) is -1.62. The molecule has 2 aromatic carbocycles. The molecule has 2 aromatic rings. The summed E-state index contributed by atoms with van der Waals surface area (Å²) in [5, 5.41) is 0. The van der Waals surface area contributed by atoms with E-state index in [-0.39, 0.29) is 16.0 Å². The van der Waals surface area contributed by atoms with Gasteiger partial charge in [-0.15, -0.1) is 0 Å². The molecule has 0 bridgehead atoms. The molecule has 0 saturated carbocycles. The number of ketones is 1. The van der Waals surface area contributed by atoms with Crippen LogP contribution in [0, 0.1) is 11.6 Å². The quantitative estimate of drug-likeness (QED) is 0.403. The Morgan fingerprint density at radius 2 is 1.74 bits per heavy atom. The summed E-state index contributed by atoms with van der Waals surface area (Å²) < 4.78 is 55.8. The van der Waals surface area contributed by atoms with E-state index in [1.165, 1.54) is 32.4 Å². The molecule has 0 aromatic heterocycles. The SMILES string of the molecule is CON(C)S(=O)(=O)c1cccc(C(=O)OCC(=O)c2ccc(F)c(F)c2)c1. The lowest BCUT2D eigenvalue weighted by atomic mass is 10.1. The molecular formula is C17H15F2NO6S. The lowest BCUT2D eigenvalue weighted by Gasteiger charge is -2.14. The van der Waals surface area contributed by atoms with Crippen molar-refractivity contribution in [3.05, 3.63) is 65.2 Å². The van der Waals surface area contributed by atoms with E-state index in [1.54, 1.807) is 0 Å². The van der Waals surface area contributed by atoms with Crippen LogP contribution in [0.2, 0.25) is 0 Å². The van der Waals surface area contributed by atoms with Crippen LogP contribution < -0.4 is 0 Å². The summed E-state index contributed by atoms with van der Waals surface area (Å²) in [5.41, 5.74) is -0.279. The second-order valence-corrected chi connectivity index (χ2v) is 7.19. The van der Waals surface area contributed by atoms with Crippen LogP contribution >= 0.6 is 0 Å². The van der Waals surface area contributed by atoms with Gasteiger partial charge in [0.1, 0.15) is 0 Å². The van der Waals surface area contributed by atoms with E-state index in [9.17, 15) is 26.8 Å². The minimum Gasteiger partial charge on any atom is -0.454 e. The fraction of sp³-hybridized carbons (Fsp3) is 0.176. The van der Waals surface area contributed by atoms with Gasteiger partial charge in [-0.3, -0.25) is 9.63 Å². The molecule has 0 amide bonds. The highest BCUT2D eigenvalue weighted by molar-refractivity contribution is 7.89. The van der Waals surface area contributed by atoms with Crippen molar-refractivity contribution in [2.75, 3.05) is 20.8 Å². The molecule has 144 valence electrons. The molecule has 10 heteroatoms. The van der Waals surface area contributed by atoms with Crippen LogP contribution in [0.25, 0.3) is 0 Å². The predicted octanol–water partition coefficient (Wildman–Crippen LogP) is 2.19. The van der Waals surface area contributed by atoms with E-state index in [0.717, 1.165) is 18.2 Å². The van der Waals surface area contributed by atoms with Gasteiger partial charge in [-0.25, -0.2) is 22.0 Å². The molecule has 0 N–H and O–H groups in total. The summed E-state index contributed by atoms with van der Waals surface area (Å²) in [6.07, 6.45) is 0. The molecule has 0 saturated heterocycles. The third kappa shape index (κ3) is 4.73. The molecule has 0 spiro atoms. The average molecular weight is 399 g/mol. The van der Waals surface area contributed by atoms with Crippen LogP contribution in [0.1, 0.15) is 20.7 Å². The van der Waals surface area contributed by atoms with Gasteiger partial charge in [0.15, 0.2) is 24.0 Å². The number of carbonyl (C=O) groups excluding carboxylic acids is 2. The van der Waals surface area contributed by atoms with Crippen molar-refractivity contribution >= 4 is 21.8 Å². The summed E-state index contributed by atoms with van der Waals surface area (Å²) in [5.74, 6) is -4.01. The fourth-order valence-electron chi connectivity index (χ4n) is 2.00. The van der Waals surface area contributed by atoms with E-state index in [0.29, 0.717) is 10.5 Å². The van der Waals surface area contributed by atoms with Gasteiger partial charge in [-0.2, -0.15) is 0 Å². The molecule has 0 radical (unpaired) electrons. The fourth-order valence-corrected chi connectivity index (χ4v) is 3.02. The monoisotopic (exact) mass is 399 g/mol. The van der Waals surface area contributed by atoms with Gasteiger partial charge in [0.2, 0.25) is 0 Å². The zero-order chi connectivity index (χ0) is 20.2. The Morgan fingerprint density at radius 1 is 1.04 bits per heavy atom. The summed E-state index contributed by atoms with van der Waals surface area (Å²) in [6, 6.07) is 7.48. The van der Waals surface area contributed by atoms with Crippen LogP contribution in [0.5, 0.6) is 0 Å². The normalized spacial score (nSPS) is 11.4.